The van der Waals surface area contributed by atoms with Crippen molar-refractivity contribution in [3.63, 3.8) is 0 Å². The second kappa shape index (κ2) is 3.00. The highest BCUT2D eigenvalue weighted by Crippen LogP contribution is 2.15. The van der Waals surface area contributed by atoms with Crippen LogP contribution in [0.1, 0.15) is 0 Å². The van der Waals surface area contributed by atoms with Crippen LogP contribution in [0.4, 0.5) is 13.2 Å². The first-order chi connectivity index (χ1) is 5.49. The summed E-state index contributed by atoms with van der Waals surface area (Å²) in [6.07, 6.45) is -3.30. The van der Waals surface area contributed by atoms with E-state index in [2.05, 4.69) is 6.07 Å². The summed E-state index contributed by atoms with van der Waals surface area (Å²) < 4.78 is 35.8. The predicted octanol–water partition coefficient (Wildman–Crippen LogP) is 1.21. The SMILES string of the molecule is O=c1c[c]ccn1CC(F)(F)F. The molecule has 5 heteroatoms. The van der Waals surface area contributed by atoms with Crippen LogP contribution in [0, 0.1) is 6.07 Å². The van der Waals surface area contributed by atoms with Gasteiger partial charge in [-0.1, -0.05) is 0 Å². The minimum Gasteiger partial charge on any atom is -0.306 e. The van der Waals surface area contributed by atoms with E-state index in [1.807, 2.05) is 0 Å². The van der Waals surface area contributed by atoms with Crippen LogP contribution in [0.5, 0.6) is 0 Å². The van der Waals surface area contributed by atoms with Crippen molar-refractivity contribution >= 4 is 0 Å². The Hall–Kier alpha value is -1.26. The first-order valence-corrected chi connectivity index (χ1v) is 3.12. The maximum Gasteiger partial charge on any atom is 0.406 e. The van der Waals surface area contributed by atoms with Crippen molar-refractivity contribution in [2.75, 3.05) is 0 Å². The van der Waals surface area contributed by atoms with Crippen LogP contribution in [0.25, 0.3) is 0 Å². The van der Waals surface area contributed by atoms with Crippen molar-refractivity contribution < 1.29 is 13.2 Å². The van der Waals surface area contributed by atoms with Gasteiger partial charge in [0.05, 0.1) is 0 Å². The van der Waals surface area contributed by atoms with Crippen molar-refractivity contribution in [3.8, 4) is 0 Å². The molecular formula is C7H5F3NO. The summed E-state index contributed by atoms with van der Waals surface area (Å²) in [5.41, 5.74) is -0.699. The molecule has 1 rings (SSSR count). The fourth-order valence-electron chi connectivity index (χ4n) is 0.733. The molecule has 0 aliphatic rings. The number of hydrogen-bond acceptors (Lipinski definition) is 1. The van der Waals surface area contributed by atoms with Gasteiger partial charge in [-0.3, -0.25) is 4.79 Å². The highest BCUT2D eigenvalue weighted by Gasteiger charge is 2.27. The molecule has 0 bridgehead atoms. The number of aromatic nitrogens is 1. The third-order valence-electron chi connectivity index (χ3n) is 1.19. The van der Waals surface area contributed by atoms with E-state index in [1.54, 1.807) is 0 Å². The van der Waals surface area contributed by atoms with E-state index in [0.29, 0.717) is 4.57 Å². The Morgan fingerprint density at radius 1 is 1.50 bits per heavy atom. The molecule has 0 saturated heterocycles. The van der Waals surface area contributed by atoms with Crippen molar-refractivity contribution in [2.45, 2.75) is 12.7 Å². The minimum atomic E-state index is -4.36. The lowest BCUT2D eigenvalue weighted by atomic mass is 10.4. The average Bonchev–Trinajstić information content (AvgIpc) is 1.91. The van der Waals surface area contributed by atoms with E-state index < -0.39 is 18.3 Å². The maximum absolute atomic E-state index is 11.8. The first-order valence-electron chi connectivity index (χ1n) is 3.12. The van der Waals surface area contributed by atoms with Gasteiger partial charge in [-0.2, -0.15) is 13.2 Å². The van der Waals surface area contributed by atoms with Crippen molar-refractivity contribution in [2.24, 2.45) is 0 Å². The van der Waals surface area contributed by atoms with Gasteiger partial charge in [-0.25, -0.2) is 0 Å². The molecular weight excluding hydrogens is 171 g/mol. The monoisotopic (exact) mass is 176 g/mol. The lowest BCUT2D eigenvalue weighted by Gasteiger charge is -2.07. The van der Waals surface area contributed by atoms with Crippen LogP contribution in [-0.4, -0.2) is 10.7 Å². The van der Waals surface area contributed by atoms with Crippen LogP contribution < -0.4 is 5.56 Å². The number of rotatable bonds is 1. The quantitative estimate of drug-likeness (QED) is 0.630. The Morgan fingerprint density at radius 3 is 2.67 bits per heavy atom. The molecule has 1 aromatic heterocycles. The van der Waals surface area contributed by atoms with Gasteiger partial charge >= 0.3 is 6.18 Å². The lowest BCUT2D eigenvalue weighted by molar-refractivity contribution is -0.141. The molecule has 1 aromatic rings. The highest BCUT2D eigenvalue weighted by molar-refractivity contribution is 4.91. The molecule has 0 fully saturated rings. The molecule has 1 radical (unpaired) electrons. The van der Waals surface area contributed by atoms with Crippen molar-refractivity contribution in [1.82, 2.24) is 4.57 Å². The largest absolute Gasteiger partial charge is 0.406 e. The fraction of sp³-hybridized carbons (Fsp3) is 0.286. The zero-order valence-electron chi connectivity index (χ0n) is 5.93. The number of hydrogen-bond donors (Lipinski definition) is 0. The summed E-state index contributed by atoms with van der Waals surface area (Å²) in [6, 6.07) is 4.61. The molecule has 0 aliphatic heterocycles. The summed E-state index contributed by atoms with van der Waals surface area (Å²) in [5, 5.41) is 0. The van der Waals surface area contributed by atoms with Crippen LogP contribution in [-0.2, 0) is 6.54 Å². The van der Waals surface area contributed by atoms with E-state index in [9.17, 15) is 18.0 Å². The average molecular weight is 176 g/mol. The smallest absolute Gasteiger partial charge is 0.306 e. The van der Waals surface area contributed by atoms with Gasteiger partial charge < -0.3 is 4.57 Å². The van der Waals surface area contributed by atoms with E-state index in [1.165, 1.54) is 6.07 Å². The summed E-state index contributed by atoms with van der Waals surface area (Å²) in [6.45, 7) is -1.25. The maximum atomic E-state index is 11.8. The number of pyridine rings is 1. The Bertz CT molecular complexity index is 315. The Labute approximate surface area is 66.2 Å². The zero-order valence-corrected chi connectivity index (χ0v) is 5.93. The highest BCUT2D eigenvalue weighted by atomic mass is 19.4. The van der Waals surface area contributed by atoms with Crippen molar-refractivity contribution in [1.29, 1.82) is 0 Å². The Morgan fingerprint density at radius 2 is 2.17 bits per heavy atom. The minimum absolute atomic E-state index is 0.580. The third kappa shape index (κ3) is 2.41. The molecule has 1 heterocycles. The molecule has 0 aromatic carbocycles. The summed E-state index contributed by atoms with van der Waals surface area (Å²) in [4.78, 5) is 10.7. The van der Waals surface area contributed by atoms with Gasteiger partial charge in [0, 0.05) is 12.3 Å². The van der Waals surface area contributed by atoms with Crippen molar-refractivity contribution in [3.05, 3.63) is 34.7 Å². The molecule has 0 N–H and O–H groups in total. The van der Waals surface area contributed by atoms with Gasteiger partial charge in [0.1, 0.15) is 6.54 Å². The summed E-state index contributed by atoms with van der Waals surface area (Å²) >= 11 is 0. The number of nitrogens with zero attached hydrogens (tertiary/aromatic N) is 1. The predicted molar refractivity (Wildman–Crippen MR) is 35.6 cm³/mol. The molecule has 0 spiro atoms. The van der Waals surface area contributed by atoms with E-state index >= 15 is 0 Å². The Kier molecular flexibility index (Phi) is 2.21. The first kappa shape index (κ1) is 8.83. The Balaban J connectivity index is 2.91. The molecule has 0 atom stereocenters. The summed E-state index contributed by atoms with van der Waals surface area (Å²) in [7, 11) is 0. The normalized spacial score (nSPS) is 11.6. The van der Waals surface area contributed by atoms with E-state index in [4.69, 9.17) is 0 Å². The number of alkyl halides is 3. The van der Waals surface area contributed by atoms with E-state index in [0.717, 1.165) is 12.3 Å². The van der Waals surface area contributed by atoms with Gasteiger partial charge in [0.15, 0.2) is 0 Å². The third-order valence-corrected chi connectivity index (χ3v) is 1.19. The molecule has 0 saturated carbocycles. The second-order valence-electron chi connectivity index (χ2n) is 2.21. The van der Waals surface area contributed by atoms with Crippen LogP contribution in [0.2, 0.25) is 0 Å². The topological polar surface area (TPSA) is 22.0 Å². The zero-order chi connectivity index (χ0) is 9.19. The standard InChI is InChI=1S/C7H5F3NO/c8-7(9,10)5-11-4-2-1-3-6(11)12/h2-4H,5H2. The molecule has 12 heavy (non-hydrogen) atoms. The molecule has 2 nitrogen and oxygen atoms in total. The van der Waals surface area contributed by atoms with Crippen LogP contribution in [0.15, 0.2) is 23.1 Å². The van der Waals surface area contributed by atoms with Crippen LogP contribution >= 0.6 is 0 Å². The van der Waals surface area contributed by atoms with Gasteiger partial charge in [-0.05, 0) is 12.1 Å². The van der Waals surface area contributed by atoms with E-state index in [-0.39, 0.29) is 0 Å². The van der Waals surface area contributed by atoms with Gasteiger partial charge in [0.2, 0.25) is 0 Å². The van der Waals surface area contributed by atoms with Gasteiger partial charge in [0.25, 0.3) is 5.56 Å². The second-order valence-corrected chi connectivity index (χ2v) is 2.21. The molecule has 65 valence electrons. The summed E-state index contributed by atoms with van der Waals surface area (Å²) in [5.74, 6) is 0. The van der Waals surface area contributed by atoms with Gasteiger partial charge in [-0.15, -0.1) is 0 Å². The number of halogens is 3. The molecule has 0 aliphatic carbocycles. The van der Waals surface area contributed by atoms with Crippen LogP contribution in [0.3, 0.4) is 0 Å². The lowest BCUT2D eigenvalue weighted by Crippen LogP contribution is -2.26. The fourth-order valence-corrected chi connectivity index (χ4v) is 0.733. The molecule has 0 unspecified atom stereocenters. The molecule has 0 amide bonds.